The Kier molecular flexibility index (Phi) is 5.21. The highest BCUT2D eigenvalue weighted by atomic mass is 14.1. The van der Waals surface area contributed by atoms with Crippen molar-refractivity contribution in [3.63, 3.8) is 0 Å². The SMILES string of the molecule is C1=CC/C=C\CC([B-](c2ccccc2)(c2ccccc2)c2ccccc2)=C1. The van der Waals surface area contributed by atoms with Crippen molar-refractivity contribution >= 4 is 22.5 Å². The lowest BCUT2D eigenvalue weighted by atomic mass is 9.12. The second-order valence-electron chi connectivity index (χ2n) is 7.18. The maximum absolute atomic E-state index is 2.34. The Bertz CT molecular complexity index is 854. The van der Waals surface area contributed by atoms with Crippen molar-refractivity contribution in [3.05, 3.63) is 127 Å². The van der Waals surface area contributed by atoms with Crippen molar-refractivity contribution in [2.75, 3.05) is 0 Å². The lowest BCUT2D eigenvalue weighted by Crippen LogP contribution is -2.68. The Morgan fingerprint density at radius 1 is 0.519 bits per heavy atom. The summed E-state index contributed by atoms with van der Waals surface area (Å²) in [6.45, 7) is 0. The Morgan fingerprint density at radius 3 is 1.48 bits per heavy atom. The predicted octanol–water partition coefficient (Wildman–Crippen LogP) is 4.53. The molecule has 0 unspecified atom stereocenters. The van der Waals surface area contributed by atoms with E-state index in [9.17, 15) is 0 Å². The summed E-state index contributed by atoms with van der Waals surface area (Å²) in [6.07, 6.45) is 12.1. The first-order valence-corrected chi connectivity index (χ1v) is 9.75. The fraction of sp³-hybridized carbons (Fsp3) is 0.0769. The summed E-state index contributed by atoms with van der Waals surface area (Å²) < 4.78 is 0. The highest BCUT2D eigenvalue weighted by Crippen LogP contribution is 2.22. The van der Waals surface area contributed by atoms with Crippen LogP contribution in [0.1, 0.15) is 12.8 Å². The van der Waals surface area contributed by atoms with Gasteiger partial charge in [0.15, 0.2) is 0 Å². The van der Waals surface area contributed by atoms with Crippen molar-refractivity contribution in [2.45, 2.75) is 12.8 Å². The van der Waals surface area contributed by atoms with Crippen molar-refractivity contribution < 1.29 is 0 Å². The van der Waals surface area contributed by atoms with Crippen molar-refractivity contribution in [2.24, 2.45) is 0 Å². The van der Waals surface area contributed by atoms with E-state index < -0.39 is 6.15 Å². The zero-order valence-electron chi connectivity index (χ0n) is 15.5. The van der Waals surface area contributed by atoms with E-state index in [0.29, 0.717) is 0 Å². The zero-order chi connectivity index (χ0) is 18.4. The van der Waals surface area contributed by atoms with E-state index in [-0.39, 0.29) is 0 Å². The average molecular weight is 347 g/mol. The summed E-state index contributed by atoms with van der Waals surface area (Å²) >= 11 is 0. The molecule has 0 spiro atoms. The van der Waals surface area contributed by atoms with Crippen LogP contribution in [0.4, 0.5) is 0 Å². The summed E-state index contributed by atoms with van der Waals surface area (Å²) in [4.78, 5) is 0. The third-order valence-electron chi connectivity index (χ3n) is 5.69. The fourth-order valence-corrected chi connectivity index (χ4v) is 4.50. The molecule has 0 fully saturated rings. The summed E-state index contributed by atoms with van der Waals surface area (Å²) in [5.41, 5.74) is 5.54. The van der Waals surface area contributed by atoms with E-state index in [2.05, 4.69) is 121 Å². The smallest absolute Gasteiger partial charge is 0.104 e. The highest BCUT2D eigenvalue weighted by Gasteiger charge is 2.32. The van der Waals surface area contributed by atoms with Crippen LogP contribution in [-0.2, 0) is 0 Å². The lowest BCUT2D eigenvalue weighted by molar-refractivity contribution is 1.26. The summed E-state index contributed by atoms with van der Waals surface area (Å²) in [5, 5.41) is 0. The summed E-state index contributed by atoms with van der Waals surface area (Å²) in [7, 11) is 0. The molecule has 0 saturated heterocycles. The van der Waals surface area contributed by atoms with Gasteiger partial charge in [-0.2, -0.15) is 16.4 Å². The number of allylic oxidation sites excluding steroid dienone is 6. The van der Waals surface area contributed by atoms with Gasteiger partial charge in [-0.15, -0.1) is 6.08 Å². The van der Waals surface area contributed by atoms with Gasteiger partial charge >= 0.3 is 0 Å². The molecule has 0 bridgehead atoms. The first kappa shape index (κ1) is 17.4. The largest absolute Gasteiger partial charge is 0.213 e. The molecule has 1 heteroatoms. The average Bonchev–Trinajstić information content (AvgIpc) is 2.72. The van der Waals surface area contributed by atoms with Gasteiger partial charge in [0, 0.05) is 0 Å². The van der Waals surface area contributed by atoms with E-state index in [1.54, 1.807) is 0 Å². The van der Waals surface area contributed by atoms with Crippen LogP contribution in [0.15, 0.2) is 127 Å². The van der Waals surface area contributed by atoms with Gasteiger partial charge in [-0.25, -0.2) is 5.47 Å². The molecule has 0 nitrogen and oxygen atoms in total. The normalized spacial score (nSPS) is 15.5. The van der Waals surface area contributed by atoms with Crippen LogP contribution in [-0.4, -0.2) is 6.15 Å². The summed E-state index contributed by atoms with van der Waals surface area (Å²) in [6, 6.07) is 33.0. The van der Waals surface area contributed by atoms with Gasteiger partial charge in [0.25, 0.3) is 0 Å². The number of rotatable bonds is 4. The molecule has 0 atom stereocenters. The van der Waals surface area contributed by atoms with Gasteiger partial charge in [-0.05, 0) is 12.8 Å². The third kappa shape index (κ3) is 3.33. The van der Waals surface area contributed by atoms with Crippen LogP contribution in [0.5, 0.6) is 0 Å². The van der Waals surface area contributed by atoms with E-state index in [1.807, 2.05) is 0 Å². The molecular weight excluding hydrogens is 323 g/mol. The van der Waals surface area contributed by atoms with Crippen LogP contribution in [0.2, 0.25) is 0 Å². The first-order valence-electron chi connectivity index (χ1n) is 9.75. The van der Waals surface area contributed by atoms with E-state index >= 15 is 0 Å². The lowest BCUT2D eigenvalue weighted by Gasteiger charge is -2.46. The molecule has 4 rings (SSSR count). The number of hydrogen-bond donors (Lipinski definition) is 0. The minimum absolute atomic E-state index is 0.961. The molecular formula is C26H24B-. The third-order valence-corrected chi connectivity index (χ3v) is 5.69. The molecule has 0 radical (unpaired) electrons. The van der Waals surface area contributed by atoms with Gasteiger partial charge in [0.1, 0.15) is 6.15 Å². The van der Waals surface area contributed by atoms with Crippen LogP contribution in [0.3, 0.4) is 0 Å². The second-order valence-corrected chi connectivity index (χ2v) is 7.18. The molecule has 0 saturated carbocycles. The number of hydrogen-bond acceptors (Lipinski definition) is 0. The topological polar surface area (TPSA) is 0 Å². The molecule has 0 N–H and O–H groups in total. The molecule has 3 aromatic carbocycles. The Labute approximate surface area is 162 Å². The summed E-state index contributed by atoms with van der Waals surface area (Å²) in [5.74, 6) is 0. The Morgan fingerprint density at radius 2 is 1.00 bits per heavy atom. The van der Waals surface area contributed by atoms with E-state index in [1.165, 1.54) is 21.9 Å². The van der Waals surface area contributed by atoms with Gasteiger partial charge in [-0.1, -0.05) is 115 Å². The van der Waals surface area contributed by atoms with Gasteiger partial charge in [-0.3, -0.25) is 0 Å². The van der Waals surface area contributed by atoms with E-state index in [4.69, 9.17) is 0 Å². The van der Waals surface area contributed by atoms with Crippen molar-refractivity contribution in [1.82, 2.24) is 0 Å². The zero-order valence-corrected chi connectivity index (χ0v) is 15.5. The van der Waals surface area contributed by atoms with Crippen LogP contribution in [0.25, 0.3) is 0 Å². The minimum atomic E-state index is -1.21. The fourth-order valence-electron chi connectivity index (χ4n) is 4.50. The second kappa shape index (κ2) is 8.10. The van der Waals surface area contributed by atoms with Gasteiger partial charge < -0.3 is 0 Å². The minimum Gasteiger partial charge on any atom is -0.213 e. The molecule has 0 heterocycles. The highest BCUT2D eigenvalue weighted by molar-refractivity contribution is 7.16. The van der Waals surface area contributed by atoms with Crippen LogP contribution >= 0.6 is 0 Å². The molecule has 0 aliphatic heterocycles. The monoisotopic (exact) mass is 347 g/mol. The van der Waals surface area contributed by atoms with E-state index in [0.717, 1.165) is 12.8 Å². The predicted molar refractivity (Wildman–Crippen MR) is 120 cm³/mol. The Hall–Kier alpha value is -3.06. The van der Waals surface area contributed by atoms with Crippen LogP contribution < -0.4 is 16.4 Å². The first-order chi connectivity index (χ1) is 13.4. The van der Waals surface area contributed by atoms with Gasteiger partial charge in [0.2, 0.25) is 0 Å². The molecule has 27 heavy (non-hydrogen) atoms. The molecule has 0 aromatic heterocycles. The maximum Gasteiger partial charge on any atom is 0.104 e. The van der Waals surface area contributed by atoms with Crippen molar-refractivity contribution in [3.8, 4) is 0 Å². The molecule has 3 aromatic rings. The van der Waals surface area contributed by atoms with Gasteiger partial charge in [0.05, 0.1) is 0 Å². The Balaban J connectivity index is 2.08. The molecule has 1 aliphatic rings. The van der Waals surface area contributed by atoms with Crippen LogP contribution in [0, 0.1) is 0 Å². The molecule has 0 amide bonds. The maximum atomic E-state index is 2.34. The standard InChI is InChI=1S/C26H24B/c1-2-7-15-23(16-8-3-1)27(24-17-9-4-10-18-24,25-19-11-5-12-20-25)26-21-13-6-14-22-26/h2-15,17-22H,1,16H2/q-1/b7-2?,8-3-,23-15?. The number of benzene rings is 3. The quantitative estimate of drug-likeness (QED) is 0.481. The molecule has 1 aliphatic carbocycles. The van der Waals surface area contributed by atoms with Crippen molar-refractivity contribution in [1.29, 1.82) is 0 Å². The molecule has 132 valence electrons.